The molecule has 0 amide bonds. The molecule has 1 aromatic carbocycles. The Morgan fingerprint density at radius 2 is 1.78 bits per heavy atom. The van der Waals surface area contributed by atoms with Crippen molar-refractivity contribution in [2.75, 3.05) is 14.2 Å². The van der Waals surface area contributed by atoms with Crippen molar-refractivity contribution in [3.05, 3.63) is 35.0 Å². The third-order valence-electron chi connectivity index (χ3n) is 6.94. The molecule has 0 bridgehead atoms. The summed E-state index contributed by atoms with van der Waals surface area (Å²) in [6.07, 6.45) is 5.04. The lowest BCUT2D eigenvalue weighted by atomic mass is 9.63. The topological polar surface area (TPSA) is 74.2 Å². The quantitative estimate of drug-likeness (QED) is 0.603. The van der Waals surface area contributed by atoms with Crippen molar-refractivity contribution in [3.8, 4) is 11.5 Å². The Hall–Kier alpha value is -2.63. The van der Waals surface area contributed by atoms with Crippen LogP contribution in [0, 0.1) is 11.3 Å². The van der Waals surface area contributed by atoms with E-state index in [1.54, 1.807) is 20.3 Å². The molecule has 172 valence electrons. The molecule has 2 saturated carbocycles. The smallest absolute Gasteiger partial charge is 0.336 e. The molecule has 1 aromatic rings. The van der Waals surface area contributed by atoms with E-state index >= 15 is 0 Å². The monoisotopic (exact) mass is 439 g/mol. The van der Waals surface area contributed by atoms with Crippen LogP contribution in [0.2, 0.25) is 0 Å². The minimum Gasteiger partial charge on any atom is -0.497 e. The summed E-state index contributed by atoms with van der Waals surface area (Å²) in [6, 6.07) is 5.54. The first-order valence-electron chi connectivity index (χ1n) is 11.5. The predicted molar refractivity (Wildman–Crippen MR) is 122 cm³/mol. The number of methoxy groups -OCH3 is 2. The number of benzene rings is 1. The van der Waals surface area contributed by atoms with Gasteiger partial charge in [0.2, 0.25) is 0 Å². The number of allylic oxidation sites excluding steroid dienone is 1. The van der Waals surface area contributed by atoms with Gasteiger partial charge in [-0.1, -0.05) is 19.9 Å². The molecule has 0 saturated heterocycles. The molecule has 1 aliphatic heterocycles. The number of nitrogens with zero attached hydrogens (tertiary/aromatic N) is 1. The minimum atomic E-state index is -0.486. The molecular formula is C26H33NO5. The average Bonchev–Trinajstić information content (AvgIpc) is 3.24. The number of ether oxygens (including phenoxy) is 3. The lowest BCUT2D eigenvalue weighted by molar-refractivity contribution is -0.144. The number of carbonyl (C=O) groups is 2. The van der Waals surface area contributed by atoms with Crippen molar-refractivity contribution >= 4 is 17.5 Å². The van der Waals surface area contributed by atoms with Gasteiger partial charge in [-0.2, -0.15) is 0 Å². The highest BCUT2D eigenvalue weighted by atomic mass is 16.5. The zero-order valence-corrected chi connectivity index (χ0v) is 19.7. The van der Waals surface area contributed by atoms with Gasteiger partial charge in [0.15, 0.2) is 0 Å². The number of carbonyl (C=O) groups excluding carboxylic acids is 2. The van der Waals surface area contributed by atoms with Gasteiger partial charge in [-0.05, 0) is 50.5 Å². The minimum absolute atomic E-state index is 0.0624. The second kappa shape index (κ2) is 8.72. The lowest BCUT2D eigenvalue weighted by Gasteiger charge is -2.41. The number of Topliss-reactive ketones (excluding diaryl/α,β-unsaturated/α-hetero) is 1. The first-order chi connectivity index (χ1) is 15.2. The molecular weight excluding hydrogens is 406 g/mol. The average molecular weight is 440 g/mol. The van der Waals surface area contributed by atoms with Crippen LogP contribution in [0.5, 0.6) is 11.5 Å². The van der Waals surface area contributed by atoms with E-state index in [-0.39, 0.29) is 23.3 Å². The van der Waals surface area contributed by atoms with Crippen LogP contribution in [0.1, 0.15) is 70.8 Å². The maximum absolute atomic E-state index is 13.5. The van der Waals surface area contributed by atoms with Crippen molar-refractivity contribution in [3.63, 3.8) is 0 Å². The largest absolute Gasteiger partial charge is 0.497 e. The van der Waals surface area contributed by atoms with Crippen molar-refractivity contribution < 1.29 is 23.8 Å². The molecule has 32 heavy (non-hydrogen) atoms. The van der Waals surface area contributed by atoms with Crippen LogP contribution in [0.4, 0.5) is 0 Å². The van der Waals surface area contributed by atoms with Crippen LogP contribution in [0.25, 0.3) is 0 Å². The maximum Gasteiger partial charge on any atom is 0.336 e. The zero-order chi connectivity index (χ0) is 23.0. The number of aliphatic imine (C=N–C) groups is 1. The Kier molecular flexibility index (Phi) is 6.15. The van der Waals surface area contributed by atoms with Gasteiger partial charge in [0, 0.05) is 35.4 Å². The Balaban J connectivity index is 1.83. The fourth-order valence-corrected chi connectivity index (χ4v) is 5.49. The number of ketones is 1. The molecule has 1 heterocycles. The fourth-order valence-electron chi connectivity index (χ4n) is 5.49. The van der Waals surface area contributed by atoms with Crippen LogP contribution < -0.4 is 9.47 Å². The highest BCUT2D eigenvalue weighted by Crippen LogP contribution is 2.49. The highest BCUT2D eigenvalue weighted by Gasteiger charge is 2.48. The van der Waals surface area contributed by atoms with Crippen LogP contribution in [-0.4, -0.2) is 37.8 Å². The predicted octanol–water partition coefficient (Wildman–Crippen LogP) is 5.01. The summed E-state index contributed by atoms with van der Waals surface area (Å²) in [6.45, 7) is 6.04. The van der Waals surface area contributed by atoms with Crippen molar-refractivity contribution in [1.29, 1.82) is 0 Å². The van der Waals surface area contributed by atoms with Gasteiger partial charge < -0.3 is 14.2 Å². The lowest BCUT2D eigenvalue weighted by Crippen LogP contribution is -2.44. The molecule has 0 spiro atoms. The van der Waals surface area contributed by atoms with Crippen molar-refractivity contribution in [1.82, 2.24) is 0 Å². The van der Waals surface area contributed by atoms with E-state index in [9.17, 15) is 9.59 Å². The van der Waals surface area contributed by atoms with Crippen molar-refractivity contribution in [2.45, 2.75) is 71.3 Å². The van der Waals surface area contributed by atoms with E-state index in [1.807, 2.05) is 19.1 Å². The summed E-state index contributed by atoms with van der Waals surface area (Å²) in [5.74, 6) is 0.0228. The van der Waals surface area contributed by atoms with E-state index in [0.29, 0.717) is 29.2 Å². The fraction of sp³-hybridized carbons (Fsp3) is 0.577. The van der Waals surface area contributed by atoms with Crippen molar-refractivity contribution in [2.24, 2.45) is 16.3 Å². The van der Waals surface area contributed by atoms with Gasteiger partial charge >= 0.3 is 5.97 Å². The maximum atomic E-state index is 13.5. The molecule has 3 aliphatic rings. The molecule has 2 atom stereocenters. The van der Waals surface area contributed by atoms with E-state index in [0.717, 1.165) is 43.4 Å². The molecule has 6 nitrogen and oxygen atoms in total. The summed E-state index contributed by atoms with van der Waals surface area (Å²) in [5, 5.41) is 0. The molecule has 2 fully saturated rings. The summed E-state index contributed by atoms with van der Waals surface area (Å²) in [7, 11) is 3.19. The van der Waals surface area contributed by atoms with Gasteiger partial charge in [0.05, 0.1) is 25.7 Å². The van der Waals surface area contributed by atoms with Crippen LogP contribution in [0.15, 0.2) is 34.5 Å². The van der Waals surface area contributed by atoms with Crippen LogP contribution in [0.3, 0.4) is 0 Å². The molecule has 4 rings (SSSR count). The number of rotatable bonds is 5. The second-order valence-electron chi connectivity index (χ2n) is 9.96. The van der Waals surface area contributed by atoms with Gasteiger partial charge in [0.1, 0.15) is 23.4 Å². The standard InChI is InChI=1S/C26H33NO5/c1-15-22(25(29)32-16-8-6-7-9-16)23(18-11-10-17(30-4)12-21(18)31-5)24-19(27-15)13-26(2,3)14-20(24)28/h10-12,16,23-24H,6-9,13-14H2,1-5H3. The number of hydrogen-bond donors (Lipinski definition) is 0. The number of fused-ring (bicyclic) bond motifs is 1. The van der Waals surface area contributed by atoms with Gasteiger partial charge in [-0.25, -0.2) is 4.79 Å². The van der Waals surface area contributed by atoms with E-state index in [2.05, 4.69) is 13.8 Å². The third-order valence-corrected chi connectivity index (χ3v) is 6.94. The third kappa shape index (κ3) is 4.19. The first kappa shape index (κ1) is 22.6. The summed E-state index contributed by atoms with van der Waals surface area (Å²) in [4.78, 5) is 31.7. The molecule has 0 N–H and O–H groups in total. The first-order valence-corrected chi connectivity index (χ1v) is 11.5. The second-order valence-corrected chi connectivity index (χ2v) is 9.96. The SMILES string of the molecule is COc1ccc(C2C(C(=O)OC3CCCC3)=C(C)N=C3CC(C)(C)CC(=O)C32)c(OC)c1. The Morgan fingerprint density at radius 3 is 2.44 bits per heavy atom. The molecule has 2 unspecified atom stereocenters. The van der Waals surface area contributed by atoms with E-state index in [4.69, 9.17) is 19.2 Å². The highest BCUT2D eigenvalue weighted by molar-refractivity contribution is 6.12. The number of esters is 1. The van der Waals surface area contributed by atoms with Gasteiger partial charge in [-0.15, -0.1) is 0 Å². The zero-order valence-electron chi connectivity index (χ0n) is 19.7. The normalized spacial score (nSPS) is 25.3. The Morgan fingerprint density at radius 1 is 1.06 bits per heavy atom. The molecule has 0 radical (unpaired) electrons. The van der Waals surface area contributed by atoms with E-state index < -0.39 is 11.8 Å². The Bertz CT molecular complexity index is 984. The van der Waals surface area contributed by atoms with Crippen LogP contribution in [-0.2, 0) is 14.3 Å². The summed E-state index contributed by atoms with van der Waals surface area (Å²) < 4.78 is 17.0. The van der Waals surface area contributed by atoms with Gasteiger partial charge in [-0.3, -0.25) is 9.79 Å². The van der Waals surface area contributed by atoms with E-state index in [1.165, 1.54) is 0 Å². The number of hydrogen-bond acceptors (Lipinski definition) is 6. The molecule has 6 heteroatoms. The molecule has 2 aliphatic carbocycles. The summed E-state index contributed by atoms with van der Waals surface area (Å²) in [5.41, 5.74) is 2.60. The molecule has 0 aromatic heterocycles. The Labute approximate surface area is 190 Å². The summed E-state index contributed by atoms with van der Waals surface area (Å²) >= 11 is 0. The van der Waals surface area contributed by atoms with Gasteiger partial charge in [0.25, 0.3) is 0 Å². The van der Waals surface area contributed by atoms with Crippen LogP contribution >= 0.6 is 0 Å².